The molecule has 0 bridgehead atoms. The number of carboxylic acids is 1. The number of aromatic nitrogens is 2. The molecule has 1 aromatic carbocycles. The van der Waals surface area contributed by atoms with Gasteiger partial charge in [0.05, 0.1) is 22.7 Å². The van der Waals surface area contributed by atoms with Crippen molar-refractivity contribution in [3.8, 4) is 0 Å². The second-order valence-corrected chi connectivity index (χ2v) is 8.74. The lowest BCUT2D eigenvalue weighted by molar-refractivity contribution is -0.136. The highest BCUT2D eigenvalue weighted by Crippen LogP contribution is 2.18. The summed E-state index contributed by atoms with van der Waals surface area (Å²) in [5.74, 6) is -0.813. The van der Waals surface area contributed by atoms with E-state index in [4.69, 9.17) is 5.11 Å². The standard InChI is InChI=1S/C18H23N3O4S/c1-26(24,25)17-6-3-14(4-7-17)12-20-9-2-10-21-16(13-20)11-15(19-21)5-8-18(22)23/h3-4,6-7,11H,2,5,8-10,12-13H2,1H3,(H,22,23). The molecule has 1 aromatic heterocycles. The van der Waals surface area contributed by atoms with Gasteiger partial charge in [0.1, 0.15) is 0 Å². The third-order valence-electron chi connectivity index (χ3n) is 4.50. The average molecular weight is 377 g/mol. The molecule has 1 aliphatic rings. The first-order chi connectivity index (χ1) is 12.3. The highest BCUT2D eigenvalue weighted by Gasteiger charge is 2.17. The van der Waals surface area contributed by atoms with E-state index in [1.54, 1.807) is 12.1 Å². The number of sulfone groups is 1. The van der Waals surface area contributed by atoms with E-state index in [0.717, 1.165) is 49.6 Å². The first-order valence-corrected chi connectivity index (χ1v) is 10.5. The van der Waals surface area contributed by atoms with E-state index in [0.29, 0.717) is 11.3 Å². The number of aryl methyl sites for hydroxylation is 2. The van der Waals surface area contributed by atoms with Crippen molar-refractivity contribution in [3.63, 3.8) is 0 Å². The van der Waals surface area contributed by atoms with Crippen LogP contribution in [-0.2, 0) is 40.7 Å². The molecular weight excluding hydrogens is 354 g/mol. The molecule has 8 heteroatoms. The molecule has 0 aliphatic carbocycles. The maximum atomic E-state index is 11.6. The number of nitrogens with zero attached hydrogens (tertiary/aromatic N) is 3. The van der Waals surface area contributed by atoms with Crippen LogP contribution in [0, 0.1) is 0 Å². The number of carbonyl (C=O) groups is 1. The van der Waals surface area contributed by atoms with Crippen molar-refractivity contribution in [1.29, 1.82) is 0 Å². The predicted molar refractivity (Wildman–Crippen MR) is 96.5 cm³/mol. The smallest absolute Gasteiger partial charge is 0.303 e. The fourth-order valence-corrected chi connectivity index (χ4v) is 3.81. The molecular formula is C18H23N3O4S. The summed E-state index contributed by atoms with van der Waals surface area (Å²) < 4.78 is 25.1. The van der Waals surface area contributed by atoms with Gasteiger partial charge in [-0.1, -0.05) is 12.1 Å². The lowest BCUT2D eigenvalue weighted by Gasteiger charge is -2.19. The van der Waals surface area contributed by atoms with Crippen molar-refractivity contribution in [3.05, 3.63) is 47.3 Å². The monoisotopic (exact) mass is 377 g/mol. The van der Waals surface area contributed by atoms with E-state index in [2.05, 4.69) is 10.00 Å². The number of hydrogen-bond acceptors (Lipinski definition) is 5. The Hall–Kier alpha value is -2.19. The van der Waals surface area contributed by atoms with E-state index < -0.39 is 15.8 Å². The van der Waals surface area contributed by atoms with Gasteiger partial charge in [0.15, 0.2) is 9.84 Å². The summed E-state index contributed by atoms with van der Waals surface area (Å²) >= 11 is 0. The van der Waals surface area contributed by atoms with Crippen LogP contribution in [0.2, 0.25) is 0 Å². The predicted octanol–water partition coefficient (Wildman–Crippen LogP) is 1.71. The van der Waals surface area contributed by atoms with Crippen LogP contribution in [0.25, 0.3) is 0 Å². The Labute approximate surface area is 153 Å². The molecule has 0 unspecified atom stereocenters. The molecule has 1 aliphatic heterocycles. The molecule has 2 heterocycles. The molecule has 0 radical (unpaired) electrons. The molecule has 0 saturated carbocycles. The topological polar surface area (TPSA) is 92.5 Å². The fraction of sp³-hybridized carbons (Fsp3) is 0.444. The molecule has 0 amide bonds. The quantitative estimate of drug-likeness (QED) is 0.824. The molecule has 0 saturated heterocycles. The maximum absolute atomic E-state index is 11.6. The lowest BCUT2D eigenvalue weighted by Crippen LogP contribution is -2.22. The van der Waals surface area contributed by atoms with Gasteiger partial charge in [-0.3, -0.25) is 14.4 Å². The largest absolute Gasteiger partial charge is 0.481 e. The van der Waals surface area contributed by atoms with Crippen LogP contribution in [0.5, 0.6) is 0 Å². The number of hydrogen-bond donors (Lipinski definition) is 1. The van der Waals surface area contributed by atoms with Crippen LogP contribution in [0.1, 0.15) is 29.8 Å². The molecule has 1 N–H and O–H groups in total. The Balaban J connectivity index is 1.67. The zero-order valence-electron chi connectivity index (χ0n) is 14.8. The van der Waals surface area contributed by atoms with Crippen molar-refractivity contribution in [1.82, 2.24) is 14.7 Å². The van der Waals surface area contributed by atoms with Gasteiger partial charge in [0, 0.05) is 38.9 Å². The van der Waals surface area contributed by atoms with Crippen LogP contribution < -0.4 is 0 Å². The van der Waals surface area contributed by atoms with Gasteiger partial charge >= 0.3 is 5.97 Å². The van der Waals surface area contributed by atoms with Gasteiger partial charge in [-0.05, 0) is 30.2 Å². The van der Waals surface area contributed by atoms with E-state index in [1.807, 2.05) is 22.9 Å². The molecule has 0 atom stereocenters. The minimum atomic E-state index is -3.17. The molecule has 26 heavy (non-hydrogen) atoms. The number of rotatable bonds is 6. The van der Waals surface area contributed by atoms with Gasteiger partial charge < -0.3 is 5.11 Å². The van der Waals surface area contributed by atoms with E-state index in [1.165, 1.54) is 6.26 Å². The van der Waals surface area contributed by atoms with Crippen LogP contribution in [0.4, 0.5) is 0 Å². The first kappa shape index (κ1) is 18.6. The Morgan fingerprint density at radius 2 is 1.96 bits per heavy atom. The second kappa shape index (κ2) is 7.59. The summed E-state index contributed by atoms with van der Waals surface area (Å²) in [7, 11) is -3.17. The Bertz CT molecular complexity index is 888. The van der Waals surface area contributed by atoms with Crippen LogP contribution in [0.15, 0.2) is 35.2 Å². The van der Waals surface area contributed by atoms with Crippen molar-refractivity contribution in [2.75, 3.05) is 12.8 Å². The highest BCUT2D eigenvalue weighted by molar-refractivity contribution is 7.90. The highest BCUT2D eigenvalue weighted by atomic mass is 32.2. The third kappa shape index (κ3) is 4.70. The normalized spacial score (nSPS) is 15.4. The van der Waals surface area contributed by atoms with E-state index in [9.17, 15) is 13.2 Å². The minimum absolute atomic E-state index is 0.0901. The van der Waals surface area contributed by atoms with Crippen molar-refractivity contribution in [2.45, 2.75) is 43.8 Å². The van der Waals surface area contributed by atoms with Gasteiger partial charge in [0.2, 0.25) is 0 Å². The Kier molecular flexibility index (Phi) is 5.43. The summed E-state index contributed by atoms with van der Waals surface area (Å²) in [6.07, 6.45) is 2.71. The van der Waals surface area contributed by atoms with Crippen molar-refractivity contribution < 1.29 is 18.3 Å². The molecule has 140 valence electrons. The second-order valence-electron chi connectivity index (χ2n) is 6.72. The average Bonchev–Trinajstić information content (AvgIpc) is 2.85. The zero-order valence-corrected chi connectivity index (χ0v) is 15.6. The summed E-state index contributed by atoms with van der Waals surface area (Å²) in [6, 6.07) is 9.01. The summed E-state index contributed by atoms with van der Waals surface area (Å²) in [5, 5.41) is 13.3. The first-order valence-electron chi connectivity index (χ1n) is 8.60. The zero-order chi connectivity index (χ0) is 18.7. The number of aliphatic carboxylic acids is 1. The van der Waals surface area contributed by atoms with Gasteiger partial charge in [-0.2, -0.15) is 5.10 Å². The SMILES string of the molecule is CS(=O)(=O)c1ccc(CN2CCCn3nc(CCC(=O)O)cc3C2)cc1. The van der Waals surface area contributed by atoms with Crippen molar-refractivity contribution in [2.24, 2.45) is 0 Å². The maximum Gasteiger partial charge on any atom is 0.303 e. The molecule has 2 aromatic rings. The van der Waals surface area contributed by atoms with Crippen molar-refractivity contribution >= 4 is 15.8 Å². The molecule has 7 nitrogen and oxygen atoms in total. The van der Waals surface area contributed by atoms with Gasteiger partial charge in [0.25, 0.3) is 0 Å². The van der Waals surface area contributed by atoms with Gasteiger partial charge in [-0.15, -0.1) is 0 Å². The minimum Gasteiger partial charge on any atom is -0.481 e. The third-order valence-corrected chi connectivity index (χ3v) is 5.62. The summed E-state index contributed by atoms with van der Waals surface area (Å²) in [4.78, 5) is 13.4. The van der Waals surface area contributed by atoms with Crippen LogP contribution >= 0.6 is 0 Å². The Morgan fingerprint density at radius 3 is 2.62 bits per heavy atom. The molecule has 3 rings (SSSR count). The lowest BCUT2D eigenvalue weighted by atomic mass is 10.2. The summed E-state index contributed by atoms with van der Waals surface area (Å²) in [6.45, 7) is 3.24. The number of benzene rings is 1. The van der Waals surface area contributed by atoms with Crippen LogP contribution in [0.3, 0.4) is 0 Å². The van der Waals surface area contributed by atoms with E-state index in [-0.39, 0.29) is 6.42 Å². The van der Waals surface area contributed by atoms with Crippen LogP contribution in [-0.4, -0.2) is 47.0 Å². The molecule has 0 fully saturated rings. The van der Waals surface area contributed by atoms with Gasteiger partial charge in [-0.25, -0.2) is 8.42 Å². The fourth-order valence-electron chi connectivity index (χ4n) is 3.18. The molecule has 0 spiro atoms. The van der Waals surface area contributed by atoms with E-state index >= 15 is 0 Å². The summed E-state index contributed by atoms with van der Waals surface area (Å²) in [5.41, 5.74) is 2.98. The number of fused-ring (bicyclic) bond motifs is 1. The number of carboxylic acid groups (broad SMARTS) is 1. The Morgan fingerprint density at radius 1 is 1.23 bits per heavy atom.